The maximum absolute atomic E-state index is 12.0. The van der Waals surface area contributed by atoms with Crippen LogP contribution in [0.15, 0.2) is 42.5 Å². The number of rotatable bonds is 5. The number of halogens is 1. The summed E-state index contributed by atoms with van der Waals surface area (Å²) in [4.78, 5) is 16.6. The smallest absolute Gasteiger partial charge is 0.337 e. The van der Waals surface area contributed by atoms with Crippen LogP contribution in [0.3, 0.4) is 0 Å². The maximum Gasteiger partial charge on any atom is 0.337 e. The largest absolute Gasteiger partial charge is 0.507 e. The second-order valence-corrected chi connectivity index (χ2v) is 7.00. The van der Waals surface area contributed by atoms with E-state index >= 15 is 0 Å². The molecule has 0 radical (unpaired) electrons. The lowest BCUT2D eigenvalue weighted by molar-refractivity contribution is -0.153. The van der Waals surface area contributed by atoms with Crippen molar-refractivity contribution in [3.63, 3.8) is 0 Å². The zero-order valence-corrected chi connectivity index (χ0v) is 16.0. The molecule has 0 aliphatic heterocycles. The van der Waals surface area contributed by atoms with Crippen molar-refractivity contribution in [2.45, 2.75) is 33.0 Å². The van der Waals surface area contributed by atoms with Gasteiger partial charge in [-0.25, -0.2) is 4.79 Å². The van der Waals surface area contributed by atoms with Crippen LogP contribution in [-0.4, -0.2) is 27.3 Å². The Bertz CT molecular complexity index is 1020. The molecule has 0 saturated carbocycles. The first-order valence-corrected chi connectivity index (χ1v) is 8.93. The first-order chi connectivity index (χ1) is 12.8. The summed E-state index contributed by atoms with van der Waals surface area (Å²) in [6.07, 6.45) is -1.53. The highest BCUT2D eigenvalue weighted by Crippen LogP contribution is 2.42. The molecule has 0 saturated heterocycles. The molecule has 0 aliphatic carbocycles. The molecule has 0 aliphatic rings. The highest BCUT2D eigenvalue weighted by atomic mass is 35.5. The van der Waals surface area contributed by atoms with Crippen molar-refractivity contribution in [2.24, 2.45) is 0 Å². The van der Waals surface area contributed by atoms with Crippen molar-refractivity contribution >= 4 is 28.5 Å². The van der Waals surface area contributed by atoms with Crippen LogP contribution >= 0.6 is 11.6 Å². The Kier molecular flexibility index (Phi) is 5.35. The normalized spacial score (nSPS) is 12.5. The SMILES string of the molecule is Cc1nc2ccc(Cl)cc2c(-c2ccccc2O)c1C(OC(C)C)C(=O)O. The predicted molar refractivity (Wildman–Crippen MR) is 105 cm³/mol. The Morgan fingerprint density at radius 1 is 1.19 bits per heavy atom. The van der Waals surface area contributed by atoms with Gasteiger partial charge in [-0.1, -0.05) is 29.8 Å². The van der Waals surface area contributed by atoms with Gasteiger partial charge >= 0.3 is 5.97 Å². The number of carboxylic acid groups (broad SMARTS) is 1. The molecule has 1 heterocycles. The van der Waals surface area contributed by atoms with Crippen LogP contribution in [0.2, 0.25) is 5.02 Å². The first kappa shape index (κ1) is 19.1. The number of hydrogen-bond acceptors (Lipinski definition) is 4. The van der Waals surface area contributed by atoms with Gasteiger partial charge in [0.05, 0.1) is 11.6 Å². The molecule has 5 nitrogen and oxygen atoms in total. The molecular weight excluding hydrogens is 366 g/mol. The molecule has 140 valence electrons. The molecule has 2 aromatic carbocycles. The van der Waals surface area contributed by atoms with E-state index in [0.717, 1.165) is 0 Å². The van der Waals surface area contributed by atoms with E-state index < -0.39 is 12.1 Å². The number of ether oxygens (including phenoxy) is 1. The predicted octanol–water partition coefficient (Wildman–Crippen LogP) is 5.12. The van der Waals surface area contributed by atoms with Crippen molar-refractivity contribution in [3.05, 3.63) is 58.7 Å². The average molecular weight is 386 g/mol. The quantitative estimate of drug-likeness (QED) is 0.637. The summed E-state index contributed by atoms with van der Waals surface area (Å²) in [5.74, 6) is -1.08. The number of fused-ring (bicyclic) bond motifs is 1. The van der Waals surface area contributed by atoms with Gasteiger partial charge in [0.15, 0.2) is 6.10 Å². The molecule has 0 bridgehead atoms. The minimum atomic E-state index is -1.23. The number of phenols is 1. The van der Waals surface area contributed by atoms with Gasteiger partial charge in [-0.05, 0) is 45.0 Å². The van der Waals surface area contributed by atoms with Crippen LogP contribution in [0, 0.1) is 6.92 Å². The van der Waals surface area contributed by atoms with Gasteiger partial charge in [0, 0.05) is 32.8 Å². The Morgan fingerprint density at radius 2 is 1.89 bits per heavy atom. The average Bonchev–Trinajstić information content (AvgIpc) is 2.60. The summed E-state index contributed by atoms with van der Waals surface area (Å²) in [7, 11) is 0. The molecule has 0 spiro atoms. The number of aromatic hydroxyl groups is 1. The number of aliphatic carboxylic acids is 1. The number of aromatic nitrogens is 1. The van der Waals surface area contributed by atoms with E-state index in [1.807, 2.05) is 0 Å². The Morgan fingerprint density at radius 3 is 2.52 bits per heavy atom. The summed E-state index contributed by atoms with van der Waals surface area (Å²) < 4.78 is 5.71. The minimum absolute atomic E-state index is 0.0410. The molecule has 1 atom stereocenters. The lowest BCUT2D eigenvalue weighted by Crippen LogP contribution is -2.21. The zero-order valence-electron chi connectivity index (χ0n) is 15.2. The number of carboxylic acids is 1. The summed E-state index contributed by atoms with van der Waals surface area (Å²) >= 11 is 6.20. The first-order valence-electron chi connectivity index (χ1n) is 8.56. The molecule has 2 N–H and O–H groups in total. The van der Waals surface area contributed by atoms with Crippen molar-refractivity contribution in [3.8, 4) is 16.9 Å². The Balaban J connectivity index is 2.45. The van der Waals surface area contributed by atoms with Gasteiger partial charge in [0.1, 0.15) is 5.75 Å². The van der Waals surface area contributed by atoms with Crippen LogP contribution in [0.1, 0.15) is 31.2 Å². The summed E-state index contributed by atoms with van der Waals surface area (Å²) in [5, 5.41) is 21.4. The molecule has 27 heavy (non-hydrogen) atoms. The number of nitrogens with zero attached hydrogens (tertiary/aromatic N) is 1. The molecule has 3 aromatic rings. The standard InChI is InChI=1S/C21H20ClNO4/c1-11(2)27-20(21(25)26)18-12(3)23-16-9-8-13(22)10-15(16)19(18)14-6-4-5-7-17(14)24/h4-11,20,24H,1-3H3,(H,25,26). The van der Waals surface area contributed by atoms with E-state index in [0.29, 0.717) is 38.3 Å². The van der Waals surface area contributed by atoms with Crippen LogP contribution in [0.25, 0.3) is 22.0 Å². The molecule has 3 rings (SSSR count). The topological polar surface area (TPSA) is 79.7 Å². The maximum atomic E-state index is 12.0. The van der Waals surface area contributed by atoms with E-state index in [-0.39, 0.29) is 11.9 Å². The van der Waals surface area contributed by atoms with Crippen molar-refractivity contribution in [1.82, 2.24) is 4.98 Å². The van der Waals surface area contributed by atoms with Crippen molar-refractivity contribution in [1.29, 1.82) is 0 Å². The monoisotopic (exact) mass is 385 g/mol. The van der Waals surface area contributed by atoms with Gasteiger partial charge in [0.25, 0.3) is 0 Å². The fourth-order valence-electron chi connectivity index (χ4n) is 3.19. The third-order valence-corrected chi connectivity index (χ3v) is 4.48. The Labute approximate surface area is 162 Å². The number of phenolic OH excluding ortho intramolecular Hbond substituents is 1. The number of hydrogen-bond donors (Lipinski definition) is 2. The van der Waals surface area contributed by atoms with E-state index in [1.165, 1.54) is 0 Å². The number of carbonyl (C=O) groups is 1. The second kappa shape index (κ2) is 7.55. The lowest BCUT2D eigenvalue weighted by atomic mass is 9.90. The van der Waals surface area contributed by atoms with E-state index in [1.54, 1.807) is 63.2 Å². The zero-order chi connectivity index (χ0) is 19.7. The minimum Gasteiger partial charge on any atom is -0.507 e. The fraction of sp³-hybridized carbons (Fsp3) is 0.238. The number of para-hydroxylation sites is 1. The molecule has 1 aromatic heterocycles. The summed E-state index contributed by atoms with van der Waals surface area (Å²) in [5.41, 5.74) is 2.66. The Hall–Kier alpha value is -2.63. The fourth-order valence-corrected chi connectivity index (χ4v) is 3.36. The van der Waals surface area contributed by atoms with Gasteiger partial charge in [-0.15, -0.1) is 0 Å². The van der Waals surface area contributed by atoms with E-state index in [2.05, 4.69) is 4.98 Å². The van der Waals surface area contributed by atoms with Crippen molar-refractivity contribution < 1.29 is 19.7 Å². The molecule has 0 fully saturated rings. The van der Waals surface area contributed by atoms with Crippen LogP contribution in [-0.2, 0) is 9.53 Å². The van der Waals surface area contributed by atoms with Crippen LogP contribution in [0.5, 0.6) is 5.75 Å². The molecule has 0 amide bonds. The summed E-state index contributed by atoms with van der Waals surface area (Å²) in [6.45, 7) is 5.29. The highest BCUT2D eigenvalue weighted by molar-refractivity contribution is 6.31. The number of benzene rings is 2. The molecular formula is C21H20ClNO4. The van der Waals surface area contributed by atoms with E-state index in [9.17, 15) is 15.0 Å². The van der Waals surface area contributed by atoms with Crippen molar-refractivity contribution in [2.75, 3.05) is 0 Å². The third-order valence-electron chi connectivity index (χ3n) is 4.24. The lowest BCUT2D eigenvalue weighted by Gasteiger charge is -2.23. The van der Waals surface area contributed by atoms with Gasteiger partial charge in [0.2, 0.25) is 0 Å². The van der Waals surface area contributed by atoms with Gasteiger partial charge in [-0.3, -0.25) is 4.98 Å². The molecule has 1 unspecified atom stereocenters. The highest BCUT2D eigenvalue weighted by Gasteiger charge is 2.30. The van der Waals surface area contributed by atoms with Crippen LogP contribution in [0.4, 0.5) is 0 Å². The number of aryl methyl sites for hydroxylation is 1. The third kappa shape index (κ3) is 3.75. The van der Waals surface area contributed by atoms with Gasteiger partial charge in [-0.2, -0.15) is 0 Å². The van der Waals surface area contributed by atoms with E-state index in [4.69, 9.17) is 16.3 Å². The number of pyridine rings is 1. The second-order valence-electron chi connectivity index (χ2n) is 6.57. The summed E-state index contributed by atoms with van der Waals surface area (Å²) in [6, 6.07) is 12.0. The van der Waals surface area contributed by atoms with Crippen LogP contribution < -0.4 is 0 Å². The van der Waals surface area contributed by atoms with Gasteiger partial charge < -0.3 is 14.9 Å². The molecule has 6 heteroatoms.